The molecule has 128 valence electrons. The molecule has 2 unspecified atom stereocenters. The predicted octanol–water partition coefficient (Wildman–Crippen LogP) is 3.87. The van der Waals surface area contributed by atoms with Gasteiger partial charge >= 0.3 is 6.09 Å². The topological polar surface area (TPSA) is 49.8 Å². The number of benzene rings is 1. The predicted molar refractivity (Wildman–Crippen MR) is 77.8 cm³/mol. The van der Waals surface area contributed by atoms with Gasteiger partial charge in [-0.3, -0.25) is 0 Å². The van der Waals surface area contributed by atoms with Gasteiger partial charge < -0.3 is 14.7 Å². The highest BCUT2D eigenvalue weighted by Gasteiger charge is 2.39. The molecule has 0 bridgehead atoms. The summed E-state index contributed by atoms with van der Waals surface area (Å²) in [6.07, 6.45) is -1.41. The molecule has 1 saturated heterocycles. The van der Waals surface area contributed by atoms with E-state index in [1.165, 1.54) is 0 Å². The molecule has 4 nitrogen and oxygen atoms in total. The standard InChI is InChI=1S/C16H20F3NO3/c1-15(2,3)23-14(22)20-6-4-16(19,5-7-20)10-8-11(17)13(21)12(18)9-10/h8-9,21H,4-7H2,1-3H3/i6D. The molecule has 1 aliphatic heterocycles. The molecular formula is C16H20F3NO3. The molecule has 0 radical (unpaired) electrons. The van der Waals surface area contributed by atoms with E-state index >= 15 is 4.39 Å². The second kappa shape index (κ2) is 5.94. The molecular weight excluding hydrogens is 311 g/mol. The van der Waals surface area contributed by atoms with Crippen LogP contribution in [-0.4, -0.2) is 34.8 Å². The van der Waals surface area contributed by atoms with Crippen LogP contribution >= 0.6 is 0 Å². The van der Waals surface area contributed by atoms with Crippen LogP contribution in [0.5, 0.6) is 5.75 Å². The van der Waals surface area contributed by atoms with Crippen molar-refractivity contribution in [3.05, 3.63) is 29.3 Å². The Hall–Kier alpha value is -1.92. The summed E-state index contributed by atoms with van der Waals surface area (Å²) in [7, 11) is 0. The van der Waals surface area contributed by atoms with Gasteiger partial charge in [0.2, 0.25) is 0 Å². The van der Waals surface area contributed by atoms with Crippen LogP contribution in [0.15, 0.2) is 12.1 Å². The molecule has 1 heterocycles. The molecule has 1 amide bonds. The number of rotatable bonds is 1. The number of halogens is 3. The number of piperidine rings is 1. The van der Waals surface area contributed by atoms with Crippen molar-refractivity contribution in [2.75, 3.05) is 13.1 Å². The van der Waals surface area contributed by atoms with Gasteiger partial charge in [0.05, 0.1) is 0 Å². The van der Waals surface area contributed by atoms with E-state index in [-0.39, 0.29) is 18.5 Å². The number of carbonyl (C=O) groups is 1. The van der Waals surface area contributed by atoms with Gasteiger partial charge in [-0.05, 0) is 38.5 Å². The molecule has 1 fully saturated rings. The lowest BCUT2D eigenvalue weighted by Crippen LogP contribution is -2.45. The van der Waals surface area contributed by atoms with Crippen LogP contribution in [0.25, 0.3) is 0 Å². The fraction of sp³-hybridized carbons (Fsp3) is 0.562. The molecule has 2 atom stereocenters. The number of hydrogen-bond acceptors (Lipinski definition) is 3. The molecule has 23 heavy (non-hydrogen) atoms. The van der Waals surface area contributed by atoms with Crippen LogP contribution in [0.2, 0.25) is 0 Å². The summed E-state index contributed by atoms with van der Waals surface area (Å²) >= 11 is 0. The van der Waals surface area contributed by atoms with Gasteiger partial charge in [-0.25, -0.2) is 18.0 Å². The molecule has 0 aromatic heterocycles. The Morgan fingerprint density at radius 1 is 1.35 bits per heavy atom. The maximum Gasteiger partial charge on any atom is 0.410 e. The molecule has 1 aromatic rings. The number of hydrogen-bond donors (Lipinski definition) is 1. The highest BCUT2D eigenvalue weighted by molar-refractivity contribution is 5.68. The molecule has 0 aliphatic carbocycles. The second-order valence-electron chi connectivity index (χ2n) is 6.56. The minimum Gasteiger partial charge on any atom is -0.503 e. The first-order valence-corrected chi connectivity index (χ1v) is 7.22. The van der Waals surface area contributed by atoms with E-state index in [0.717, 1.165) is 4.90 Å². The van der Waals surface area contributed by atoms with E-state index in [9.17, 15) is 13.6 Å². The van der Waals surface area contributed by atoms with Crippen molar-refractivity contribution in [2.45, 2.75) is 44.9 Å². The SMILES string of the molecule is [2H]C1CC(F)(c2cc(F)c(O)c(F)c2)CCN1C(=O)OC(C)(C)C. The van der Waals surface area contributed by atoms with Crippen molar-refractivity contribution in [1.82, 2.24) is 4.90 Å². The van der Waals surface area contributed by atoms with Crippen molar-refractivity contribution < 1.29 is 29.2 Å². The summed E-state index contributed by atoms with van der Waals surface area (Å²) in [6.45, 7) is 3.65. The van der Waals surface area contributed by atoms with E-state index in [2.05, 4.69) is 0 Å². The lowest BCUT2D eigenvalue weighted by Gasteiger charge is -2.37. The van der Waals surface area contributed by atoms with E-state index in [4.69, 9.17) is 11.2 Å². The van der Waals surface area contributed by atoms with Crippen molar-refractivity contribution >= 4 is 6.09 Å². The summed E-state index contributed by atoms with van der Waals surface area (Å²) in [4.78, 5) is 13.1. The van der Waals surface area contributed by atoms with Crippen molar-refractivity contribution in [3.63, 3.8) is 0 Å². The van der Waals surface area contributed by atoms with Crippen molar-refractivity contribution in [3.8, 4) is 5.75 Å². The minimum absolute atomic E-state index is 0.121. The Bertz CT molecular complexity index is 627. The average molecular weight is 332 g/mol. The smallest absolute Gasteiger partial charge is 0.410 e. The van der Waals surface area contributed by atoms with Gasteiger partial charge in [-0.1, -0.05) is 0 Å². The van der Waals surface area contributed by atoms with Gasteiger partial charge in [0, 0.05) is 27.3 Å². The van der Waals surface area contributed by atoms with Gasteiger partial charge in [-0.15, -0.1) is 0 Å². The highest BCUT2D eigenvalue weighted by atomic mass is 19.1. The number of amides is 1. The Morgan fingerprint density at radius 2 is 1.91 bits per heavy atom. The van der Waals surface area contributed by atoms with Crippen LogP contribution in [0, 0.1) is 11.6 Å². The normalized spacial score (nSPS) is 25.9. The third-order valence-corrected chi connectivity index (χ3v) is 3.55. The lowest BCUT2D eigenvalue weighted by atomic mass is 9.86. The number of carbonyl (C=O) groups excluding carboxylic acids is 1. The first-order valence-electron chi connectivity index (χ1n) is 7.80. The Kier molecular flexibility index (Phi) is 4.12. The molecule has 1 N–H and O–H groups in total. The molecule has 7 heteroatoms. The summed E-state index contributed by atoms with van der Waals surface area (Å²) in [5.74, 6) is -3.70. The van der Waals surface area contributed by atoms with Crippen LogP contribution in [0.3, 0.4) is 0 Å². The van der Waals surface area contributed by atoms with Crippen LogP contribution < -0.4 is 0 Å². The van der Waals surface area contributed by atoms with Crippen molar-refractivity contribution in [2.24, 2.45) is 0 Å². The van der Waals surface area contributed by atoms with Gasteiger partial charge in [0.25, 0.3) is 0 Å². The van der Waals surface area contributed by atoms with Gasteiger partial charge in [0.1, 0.15) is 11.3 Å². The third kappa shape index (κ3) is 3.89. The zero-order valence-corrected chi connectivity index (χ0v) is 13.2. The zero-order chi connectivity index (χ0) is 18.3. The van der Waals surface area contributed by atoms with E-state index in [1.54, 1.807) is 20.8 Å². The third-order valence-electron chi connectivity index (χ3n) is 3.55. The second-order valence-corrected chi connectivity index (χ2v) is 6.56. The maximum absolute atomic E-state index is 15.1. The molecule has 1 aromatic carbocycles. The van der Waals surface area contributed by atoms with E-state index < -0.39 is 47.7 Å². The number of ether oxygens (including phenoxy) is 1. The fourth-order valence-corrected chi connectivity index (χ4v) is 2.32. The van der Waals surface area contributed by atoms with Crippen LogP contribution in [0.4, 0.5) is 18.0 Å². The van der Waals surface area contributed by atoms with Crippen LogP contribution in [0.1, 0.15) is 40.5 Å². The number of phenolic OH excluding ortho intramolecular Hbond substituents is 1. The minimum atomic E-state index is -2.17. The number of likely N-dealkylation sites (tertiary alicyclic amines) is 1. The summed E-state index contributed by atoms with van der Waals surface area (Å²) in [6, 6.07) is 1.43. The molecule has 0 saturated carbocycles. The maximum atomic E-state index is 15.1. The average Bonchev–Trinajstić information content (AvgIpc) is 2.42. The van der Waals surface area contributed by atoms with E-state index in [0.29, 0.717) is 12.1 Å². The lowest BCUT2D eigenvalue weighted by molar-refractivity contribution is 0.00205. The number of phenols is 1. The molecule has 0 spiro atoms. The molecule has 2 rings (SSSR count). The Balaban J connectivity index is 2.18. The fourth-order valence-electron chi connectivity index (χ4n) is 2.32. The summed E-state index contributed by atoms with van der Waals surface area (Å²) < 4.78 is 55.2. The first-order chi connectivity index (χ1) is 10.9. The van der Waals surface area contributed by atoms with E-state index in [1.807, 2.05) is 0 Å². The number of alkyl halides is 1. The monoisotopic (exact) mass is 332 g/mol. The van der Waals surface area contributed by atoms with Gasteiger partial charge in [-0.2, -0.15) is 0 Å². The number of aromatic hydroxyl groups is 1. The Labute approximate surface area is 134 Å². The van der Waals surface area contributed by atoms with Crippen LogP contribution in [-0.2, 0) is 10.4 Å². The largest absolute Gasteiger partial charge is 0.503 e. The van der Waals surface area contributed by atoms with Crippen molar-refractivity contribution in [1.29, 1.82) is 0 Å². The Morgan fingerprint density at radius 3 is 2.39 bits per heavy atom. The summed E-state index contributed by atoms with van der Waals surface area (Å²) in [5.41, 5.74) is -3.21. The zero-order valence-electron chi connectivity index (χ0n) is 14.2. The summed E-state index contributed by atoms with van der Waals surface area (Å²) in [5, 5.41) is 9.11. The van der Waals surface area contributed by atoms with Gasteiger partial charge in [0.15, 0.2) is 17.4 Å². The quantitative estimate of drug-likeness (QED) is 0.849. The highest BCUT2D eigenvalue weighted by Crippen LogP contribution is 2.39. The molecule has 1 aliphatic rings. The first kappa shape index (κ1) is 16.0. The number of nitrogens with zero attached hydrogens (tertiary/aromatic N) is 1.